The standard InChI is InChI=1S/C25H26ClN3O/c1-19-7-9-23(10-8-19)29(25(30)21-5-2-6-22(26)16-21)24-11-14-28(15-12-24)18-20-4-3-13-27-17-20/h2-10,13,16-17,24H,11-12,14-15,18H2,1H3. The van der Waals surface area contributed by atoms with Gasteiger partial charge in [-0.25, -0.2) is 0 Å². The molecule has 0 bridgehead atoms. The van der Waals surface area contributed by atoms with Crippen molar-refractivity contribution in [2.75, 3.05) is 18.0 Å². The van der Waals surface area contributed by atoms with Gasteiger partial charge in [0.25, 0.3) is 5.91 Å². The summed E-state index contributed by atoms with van der Waals surface area (Å²) in [6.07, 6.45) is 5.59. The van der Waals surface area contributed by atoms with E-state index in [9.17, 15) is 4.79 Å². The summed E-state index contributed by atoms with van der Waals surface area (Å²) < 4.78 is 0. The first-order valence-corrected chi connectivity index (χ1v) is 10.7. The van der Waals surface area contributed by atoms with E-state index in [4.69, 9.17) is 11.6 Å². The van der Waals surface area contributed by atoms with Crippen molar-refractivity contribution < 1.29 is 4.79 Å². The summed E-state index contributed by atoms with van der Waals surface area (Å²) in [5, 5.41) is 0.580. The van der Waals surface area contributed by atoms with Crippen LogP contribution >= 0.6 is 11.6 Å². The zero-order valence-corrected chi connectivity index (χ0v) is 17.9. The third-order valence-corrected chi connectivity index (χ3v) is 5.89. The number of aromatic nitrogens is 1. The average molecular weight is 420 g/mol. The molecule has 1 aliphatic heterocycles. The molecule has 4 nitrogen and oxygen atoms in total. The number of carbonyl (C=O) groups excluding carboxylic acids is 1. The van der Waals surface area contributed by atoms with Crippen molar-refractivity contribution in [3.8, 4) is 0 Å². The summed E-state index contributed by atoms with van der Waals surface area (Å²) in [5.41, 5.74) is 3.97. The third-order valence-electron chi connectivity index (χ3n) is 5.65. The van der Waals surface area contributed by atoms with Gasteiger partial charge in [-0.05, 0) is 61.7 Å². The highest BCUT2D eigenvalue weighted by Crippen LogP contribution is 2.27. The van der Waals surface area contributed by atoms with E-state index in [0.29, 0.717) is 10.6 Å². The van der Waals surface area contributed by atoms with Gasteiger partial charge in [-0.2, -0.15) is 0 Å². The van der Waals surface area contributed by atoms with Crippen molar-refractivity contribution >= 4 is 23.2 Å². The fourth-order valence-electron chi connectivity index (χ4n) is 4.05. The van der Waals surface area contributed by atoms with Crippen LogP contribution in [0.4, 0.5) is 5.69 Å². The number of nitrogens with zero attached hydrogens (tertiary/aromatic N) is 3. The molecule has 30 heavy (non-hydrogen) atoms. The molecular weight excluding hydrogens is 394 g/mol. The summed E-state index contributed by atoms with van der Waals surface area (Å²) in [6, 6.07) is 19.7. The fourth-order valence-corrected chi connectivity index (χ4v) is 4.24. The topological polar surface area (TPSA) is 36.4 Å². The van der Waals surface area contributed by atoms with Crippen LogP contribution in [-0.4, -0.2) is 34.9 Å². The van der Waals surface area contributed by atoms with E-state index in [1.165, 1.54) is 11.1 Å². The Morgan fingerprint density at radius 3 is 2.53 bits per heavy atom. The molecule has 1 saturated heterocycles. The minimum atomic E-state index is 0.00654. The van der Waals surface area contributed by atoms with Gasteiger partial charge in [0.2, 0.25) is 0 Å². The minimum Gasteiger partial charge on any atom is -0.305 e. The van der Waals surface area contributed by atoms with Gasteiger partial charge in [-0.1, -0.05) is 41.4 Å². The first-order valence-electron chi connectivity index (χ1n) is 10.4. The summed E-state index contributed by atoms with van der Waals surface area (Å²) in [5.74, 6) is 0.00654. The Bertz CT molecular complexity index is 983. The van der Waals surface area contributed by atoms with Gasteiger partial charge in [0.1, 0.15) is 0 Å². The van der Waals surface area contributed by atoms with Crippen LogP contribution in [0.1, 0.15) is 34.3 Å². The van der Waals surface area contributed by atoms with Crippen LogP contribution in [-0.2, 0) is 6.54 Å². The van der Waals surface area contributed by atoms with Crippen LogP contribution < -0.4 is 4.90 Å². The first-order chi connectivity index (χ1) is 14.6. The summed E-state index contributed by atoms with van der Waals surface area (Å²) in [7, 11) is 0. The number of aryl methyl sites for hydroxylation is 1. The van der Waals surface area contributed by atoms with Gasteiger partial charge in [0, 0.05) is 54.3 Å². The molecule has 1 aliphatic rings. The molecule has 0 N–H and O–H groups in total. The maximum atomic E-state index is 13.5. The molecule has 0 spiro atoms. The highest BCUT2D eigenvalue weighted by Gasteiger charge is 2.30. The van der Waals surface area contributed by atoms with E-state index >= 15 is 0 Å². The summed E-state index contributed by atoms with van der Waals surface area (Å²) >= 11 is 6.16. The number of hydrogen-bond donors (Lipinski definition) is 0. The zero-order chi connectivity index (χ0) is 20.9. The molecule has 0 atom stereocenters. The lowest BCUT2D eigenvalue weighted by atomic mass is 10.00. The maximum absolute atomic E-state index is 13.5. The number of piperidine rings is 1. The highest BCUT2D eigenvalue weighted by atomic mass is 35.5. The molecule has 1 fully saturated rings. The Balaban J connectivity index is 1.53. The van der Waals surface area contributed by atoms with Crippen LogP contribution in [0.5, 0.6) is 0 Å². The summed E-state index contributed by atoms with van der Waals surface area (Å²) in [4.78, 5) is 22.1. The fraction of sp³-hybridized carbons (Fsp3) is 0.280. The zero-order valence-electron chi connectivity index (χ0n) is 17.2. The molecule has 154 valence electrons. The van der Waals surface area contributed by atoms with Gasteiger partial charge in [-0.3, -0.25) is 14.7 Å². The maximum Gasteiger partial charge on any atom is 0.258 e. The van der Waals surface area contributed by atoms with Crippen molar-refractivity contribution in [3.63, 3.8) is 0 Å². The van der Waals surface area contributed by atoms with Gasteiger partial charge in [0.15, 0.2) is 0 Å². The second-order valence-corrected chi connectivity index (χ2v) is 8.33. The molecule has 0 radical (unpaired) electrons. The average Bonchev–Trinajstić information content (AvgIpc) is 2.77. The number of halogens is 1. The van der Waals surface area contributed by atoms with Crippen LogP contribution in [0.2, 0.25) is 5.02 Å². The number of hydrogen-bond acceptors (Lipinski definition) is 3. The molecule has 2 aromatic carbocycles. The molecule has 5 heteroatoms. The Hall–Kier alpha value is -2.69. The lowest BCUT2D eigenvalue weighted by molar-refractivity contribution is 0.0958. The van der Waals surface area contributed by atoms with Crippen LogP contribution in [0.15, 0.2) is 73.1 Å². The third kappa shape index (κ3) is 4.89. The molecule has 0 unspecified atom stereocenters. The summed E-state index contributed by atoms with van der Waals surface area (Å²) in [6.45, 7) is 4.85. The van der Waals surface area contributed by atoms with Crippen molar-refractivity contribution in [1.29, 1.82) is 0 Å². The molecule has 1 aromatic heterocycles. The number of benzene rings is 2. The quantitative estimate of drug-likeness (QED) is 0.559. The number of amides is 1. The van der Waals surface area contributed by atoms with Gasteiger partial charge in [-0.15, -0.1) is 0 Å². The Morgan fingerprint density at radius 2 is 1.87 bits per heavy atom. The van der Waals surface area contributed by atoms with Gasteiger partial charge < -0.3 is 4.90 Å². The van der Waals surface area contributed by atoms with Crippen molar-refractivity contribution in [1.82, 2.24) is 9.88 Å². The van der Waals surface area contributed by atoms with Crippen LogP contribution in [0.3, 0.4) is 0 Å². The predicted octanol–water partition coefficient (Wildman–Crippen LogP) is 5.35. The minimum absolute atomic E-state index is 0.00654. The van der Waals surface area contributed by atoms with Gasteiger partial charge in [0.05, 0.1) is 0 Å². The van der Waals surface area contributed by atoms with E-state index in [1.807, 2.05) is 41.4 Å². The molecule has 0 aliphatic carbocycles. The van der Waals surface area contributed by atoms with Crippen LogP contribution in [0.25, 0.3) is 0 Å². The monoisotopic (exact) mass is 419 g/mol. The smallest absolute Gasteiger partial charge is 0.258 e. The van der Waals surface area contributed by atoms with Gasteiger partial charge >= 0.3 is 0 Å². The normalized spacial score (nSPS) is 15.1. The van der Waals surface area contributed by atoms with E-state index in [-0.39, 0.29) is 11.9 Å². The molecule has 1 amide bonds. The second-order valence-electron chi connectivity index (χ2n) is 7.89. The number of pyridine rings is 1. The molecule has 2 heterocycles. The van der Waals surface area contributed by atoms with Crippen molar-refractivity contribution in [2.24, 2.45) is 0 Å². The highest BCUT2D eigenvalue weighted by molar-refractivity contribution is 6.31. The number of carbonyl (C=O) groups is 1. The lowest BCUT2D eigenvalue weighted by Crippen LogP contribution is -2.47. The Kier molecular flexibility index (Phi) is 6.46. The van der Waals surface area contributed by atoms with E-state index in [2.05, 4.69) is 35.0 Å². The molecule has 4 rings (SSSR count). The second kappa shape index (κ2) is 9.41. The SMILES string of the molecule is Cc1ccc(N(C(=O)c2cccc(Cl)c2)C2CCN(Cc3cccnc3)CC2)cc1. The van der Waals surface area contributed by atoms with Crippen molar-refractivity contribution in [3.05, 3.63) is 94.8 Å². The Labute approximate surface area is 183 Å². The van der Waals surface area contributed by atoms with E-state index in [0.717, 1.165) is 38.2 Å². The molecular formula is C25H26ClN3O. The number of anilines is 1. The van der Waals surface area contributed by atoms with Crippen LogP contribution in [0, 0.1) is 6.92 Å². The largest absolute Gasteiger partial charge is 0.305 e. The van der Waals surface area contributed by atoms with E-state index in [1.54, 1.807) is 18.3 Å². The number of rotatable bonds is 5. The predicted molar refractivity (Wildman–Crippen MR) is 122 cm³/mol. The van der Waals surface area contributed by atoms with E-state index < -0.39 is 0 Å². The molecule has 3 aromatic rings. The lowest BCUT2D eigenvalue weighted by Gasteiger charge is -2.38. The molecule has 0 saturated carbocycles. The number of likely N-dealkylation sites (tertiary alicyclic amines) is 1. The first kappa shape index (κ1) is 20.6. The van der Waals surface area contributed by atoms with Crippen molar-refractivity contribution in [2.45, 2.75) is 32.4 Å². The Morgan fingerprint density at radius 1 is 1.10 bits per heavy atom.